The molecule has 2 aromatic rings. The Morgan fingerprint density at radius 2 is 2.08 bits per heavy atom. The maximum Gasteiger partial charge on any atom is 0.257 e. The molecule has 1 aromatic carbocycles. The first-order valence-electron chi connectivity index (χ1n) is 8.78. The van der Waals surface area contributed by atoms with Crippen LogP contribution in [0, 0.1) is 0 Å². The number of amides is 1. The summed E-state index contributed by atoms with van der Waals surface area (Å²) in [4.78, 5) is 15.2. The number of rotatable bonds is 3. The smallest absolute Gasteiger partial charge is 0.257 e. The number of carbonyl (C=O) groups is 1. The van der Waals surface area contributed by atoms with Crippen LogP contribution in [0.3, 0.4) is 0 Å². The summed E-state index contributed by atoms with van der Waals surface area (Å²) in [7, 11) is 1.69. The minimum atomic E-state index is 0.0905. The predicted molar refractivity (Wildman–Crippen MR) is 91.2 cm³/mol. The fraction of sp³-hybridized carbons (Fsp3) is 0.474. The lowest BCUT2D eigenvalue weighted by Crippen LogP contribution is -2.31. The van der Waals surface area contributed by atoms with Crippen molar-refractivity contribution in [2.24, 2.45) is 0 Å². The van der Waals surface area contributed by atoms with E-state index in [0.717, 1.165) is 67.8 Å². The van der Waals surface area contributed by atoms with E-state index in [9.17, 15) is 4.79 Å². The van der Waals surface area contributed by atoms with Crippen LogP contribution in [-0.2, 0) is 13.0 Å². The second-order valence-electron chi connectivity index (χ2n) is 6.58. The second-order valence-corrected chi connectivity index (χ2v) is 6.58. The summed E-state index contributed by atoms with van der Waals surface area (Å²) in [6, 6.07) is 8.12. The van der Waals surface area contributed by atoms with E-state index in [-0.39, 0.29) is 11.9 Å². The molecule has 1 unspecified atom stereocenters. The van der Waals surface area contributed by atoms with E-state index in [2.05, 4.69) is 11.2 Å². The number of methoxy groups -OCH3 is 1. The van der Waals surface area contributed by atoms with Crippen molar-refractivity contribution in [2.75, 3.05) is 13.7 Å². The molecule has 0 aliphatic carbocycles. The largest absolute Gasteiger partial charge is 0.496 e. The van der Waals surface area contributed by atoms with E-state index in [1.807, 2.05) is 27.8 Å². The van der Waals surface area contributed by atoms with Gasteiger partial charge in [0.15, 0.2) is 0 Å². The Bertz CT molecular complexity index is 753. The molecule has 1 fully saturated rings. The van der Waals surface area contributed by atoms with Crippen molar-refractivity contribution >= 4 is 5.91 Å². The summed E-state index contributed by atoms with van der Waals surface area (Å²) in [6.07, 6.45) is 7.01. The van der Waals surface area contributed by atoms with Gasteiger partial charge in [-0.3, -0.25) is 9.48 Å². The Hall–Kier alpha value is -2.30. The molecule has 0 radical (unpaired) electrons. The molecule has 0 spiro atoms. The van der Waals surface area contributed by atoms with Crippen LogP contribution < -0.4 is 4.74 Å². The molecule has 1 saturated heterocycles. The van der Waals surface area contributed by atoms with Gasteiger partial charge in [0.2, 0.25) is 0 Å². The number of carbonyl (C=O) groups excluding carboxylic acids is 1. The third-order valence-electron chi connectivity index (χ3n) is 5.22. The van der Waals surface area contributed by atoms with Crippen LogP contribution in [0.5, 0.6) is 5.75 Å². The first kappa shape index (κ1) is 15.2. The molecular formula is C19H23N3O2. The van der Waals surface area contributed by atoms with Crippen molar-refractivity contribution in [3.05, 3.63) is 47.3 Å². The minimum absolute atomic E-state index is 0.0905. The zero-order valence-corrected chi connectivity index (χ0v) is 14.1. The number of aromatic nitrogens is 2. The van der Waals surface area contributed by atoms with Crippen LogP contribution in [0.1, 0.15) is 53.3 Å². The summed E-state index contributed by atoms with van der Waals surface area (Å²) in [6.45, 7) is 1.73. The Labute approximate surface area is 142 Å². The van der Waals surface area contributed by atoms with Gasteiger partial charge in [-0.15, -0.1) is 0 Å². The molecule has 3 heterocycles. The molecule has 0 bridgehead atoms. The summed E-state index contributed by atoms with van der Waals surface area (Å²) >= 11 is 0. The highest BCUT2D eigenvalue weighted by atomic mass is 16.5. The number of likely N-dealkylation sites (tertiary alicyclic amines) is 1. The molecule has 1 amide bonds. The number of hydrogen-bond donors (Lipinski definition) is 0. The first-order chi connectivity index (χ1) is 11.8. The Kier molecular flexibility index (Phi) is 4.00. The van der Waals surface area contributed by atoms with Gasteiger partial charge in [-0.1, -0.05) is 18.2 Å². The molecule has 126 valence electrons. The molecule has 1 atom stereocenters. The second kappa shape index (κ2) is 6.30. The average Bonchev–Trinajstić information content (AvgIpc) is 3.28. The standard InChI is InChI=1S/C19H23N3O2/c1-24-18-10-3-2-7-14(18)16-9-6-11-21(16)19(23)15-13-20-22-12-5-4-8-17(15)22/h2-3,7,10,13,16H,4-6,8-9,11-12H2,1H3. The number of ether oxygens (including phenoxy) is 1. The highest BCUT2D eigenvalue weighted by Crippen LogP contribution is 2.38. The van der Waals surface area contributed by atoms with Crippen molar-refractivity contribution in [3.63, 3.8) is 0 Å². The van der Waals surface area contributed by atoms with Crippen molar-refractivity contribution in [2.45, 2.75) is 44.7 Å². The average molecular weight is 325 g/mol. The molecular weight excluding hydrogens is 302 g/mol. The molecule has 4 rings (SSSR count). The topological polar surface area (TPSA) is 47.4 Å². The zero-order valence-electron chi connectivity index (χ0n) is 14.1. The Morgan fingerprint density at radius 1 is 1.21 bits per heavy atom. The lowest BCUT2D eigenvalue weighted by atomic mass is 10.0. The third-order valence-corrected chi connectivity index (χ3v) is 5.22. The first-order valence-corrected chi connectivity index (χ1v) is 8.78. The maximum absolute atomic E-state index is 13.2. The van der Waals surface area contributed by atoms with E-state index in [4.69, 9.17) is 4.74 Å². The predicted octanol–water partition coefficient (Wildman–Crippen LogP) is 3.21. The fourth-order valence-corrected chi connectivity index (χ4v) is 4.03. The molecule has 0 saturated carbocycles. The van der Waals surface area contributed by atoms with Gasteiger partial charge < -0.3 is 9.64 Å². The lowest BCUT2D eigenvalue weighted by Gasteiger charge is -2.26. The molecule has 1 aromatic heterocycles. The quantitative estimate of drug-likeness (QED) is 0.870. The number of aryl methyl sites for hydroxylation is 1. The van der Waals surface area contributed by atoms with Crippen LogP contribution in [0.15, 0.2) is 30.5 Å². The van der Waals surface area contributed by atoms with E-state index in [0.29, 0.717) is 0 Å². The number of fused-ring (bicyclic) bond motifs is 1. The van der Waals surface area contributed by atoms with Crippen molar-refractivity contribution < 1.29 is 9.53 Å². The van der Waals surface area contributed by atoms with Crippen LogP contribution in [0.25, 0.3) is 0 Å². The van der Waals surface area contributed by atoms with Crippen LogP contribution in [0.2, 0.25) is 0 Å². The highest BCUT2D eigenvalue weighted by molar-refractivity contribution is 5.95. The van der Waals surface area contributed by atoms with Gasteiger partial charge in [0.1, 0.15) is 5.75 Å². The van der Waals surface area contributed by atoms with E-state index in [1.165, 1.54) is 0 Å². The van der Waals surface area contributed by atoms with E-state index < -0.39 is 0 Å². The maximum atomic E-state index is 13.2. The van der Waals surface area contributed by atoms with Gasteiger partial charge in [-0.25, -0.2) is 0 Å². The van der Waals surface area contributed by atoms with Crippen LogP contribution in [-0.4, -0.2) is 34.2 Å². The van der Waals surface area contributed by atoms with Gasteiger partial charge in [0.05, 0.1) is 30.6 Å². The molecule has 5 heteroatoms. The number of nitrogens with zero attached hydrogens (tertiary/aromatic N) is 3. The van der Waals surface area contributed by atoms with Crippen LogP contribution >= 0.6 is 0 Å². The van der Waals surface area contributed by atoms with Crippen molar-refractivity contribution in [1.82, 2.24) is 14.7 Å². The third kappa shape index (κ3) is 2.48. The normalized spacial score (nSPS) is 20.0. The zero-order chi connectivity index (χ0) is 16.5. The molecule has 2 aliphatic rings. The van der Waals surface area contributed by atoms with E-state index in [1.54, 1.807) is 13.3 Å². The minimum Gasteiger partial charge on any atom is -0.496 e. The highest BCUT2D eigenvalue weighted by Gasteiger charge is 2.34. The number of hydrogen-bond acceptors (Lipinski definition) is 3. The molecule has 0 N–H and O–H groups in total. The number of benzene rings is 1. The van der Waals surface area contributed by atoms with Gasteiger partial charge in [-0.05, 0) is 38.2 Å². The van der Waals surface area contributed by atoms with Gasteiger partial charge >= 0.3 is 0 Å². The van der Waals surface area contributed by atoms with Crippen molar-refractivity contribution in [3.8, 4) is 5.75 Å². The van der Waals surface area contributed by atoms with E-state index >= 15 is 0 Å². The fourth-order valence-electron chi connectivity index (χ4n) is 4.03. The van der Waals surface area contributed by atoms with Gasteiger partial charge in [0, 0.05) is 18.7 Å². The SMILES string of the molecule is COc1ccccc1C1CCCN1C(=O)c1cnn2c1CCCC2. The summed E-state index contributed by atoms with van der Waals surface area (Å²) in [5.74, 6) is 0.978. The molecule has 2 aliphatic heterocycles. The summed E-state index contributed by atoms with van der Waals surface area (Å²) < 4.78 is 7.52. The van der Waals surface area contributed by atoms with Crippen LogP contribution in [0.4, 0.5) is 0 Å². The number of para-hydroxylation sites is 1. The molecule has 24 heavy (non-hydrogen) atoms. The van der Waals surface area contributed by atoms with Gasteiger partial charge in [0.25, 0.3) is 5.91 Å². The molecule has 5 nitrogen and oxygen atoms in total. The lowest BCUT2D eigenvalue weighted by molar-refractivity contribution is 0.0732. The summed E-state index contributed by atoms with van der Waals surface area (Å²) in [5, 5.41) is 4.43. The van der Waals surface area contributed by atoms with Crippen molar-refractivity contribution in [1.29, 1.82) is 0 Å². The Balaban J connectivity index is 1.65. The Morgan fingerprint density at radius 3 is 2.96 bits per heavy atom. The van der Waals surface area contributed by atoms with Gasteiger partial charge in [-0.2, -0.15) is 5.10 Å². The monoisotopic (exact) mass is 325 g/mol. The summed E-state index contributed by atoms with van der Waals surface area (Å²) in [5.41, 5.74) is 3.00.